The summed E-state index contributed by atoms with van der Waals surface area (Å²) in [5, 5.41) is 1.32. The van der Waals surface area contributed by atoms with Gasteiger partial charge in [-0.05, 0) is 12.5 Å². The SMILES string of the molecule is CCCCC12CN3CC(C)(CN(C1)C3c1c[nH]c3ccccc13)C2=O. The fourth-order valence-electron chi connectivity index (χ4n) is 5.88. The van der Waals surface area contributed by atoms with Gasteiger partial charge in [-0.1, -0.05) is 44.9 Å². The summed E-state index contributed by atoms with van der Waals surface area (Å²) in [5.41, 5.74) is 2.25. The molecule has 132 valence electrons. The number of hydrogen-bond acceptors (Lipinski definition) is 3. The van der Waals surface area contributed by atoms with Gasteiger partial charge in [-0.15, -0.1) is 0 Å². The number of carbonyl (C=O) groups excluding carboxylic acids is 1. The Morgan fingerprint density at radius 2 is 1.88 bits per heavy atom. The number of Topliss-reactive ketones (excluding diaryl/α,β-unsaturated/α-hetero) is 1. The lowest BCUT2D eigenvalue weighted by Gasteiger charge is -2.65. The lowest BCUT2D eigenvalue weighted by atomic mass is 9.59. The number of fused-ring (bicyclic) bond motifs is 1. The standard InChI is InChI=1S/C21H27N3O/c1-3-4-9-21-13-23-11-20(2,19(21)25)12-24(14-21)18(23)16-10-22-17-8-6-5-7-15(16)17/h5-8,10,18,22H,3-4,9,11-14H2,1-2H3. The van der Waals surface area contributed by atoms with E-state index in [4.69, 9.17) is 0 Å². The predicted octanol–water partition coefficient (Wildman–Crippen LogP) is 3.56. The van der Waals surface area contributed by atoms with E-state index in [9.17, 15) is 4.79 Å². The summed E-state index contributed by atoms with van der Waals surface area (Å²) in [6.45, 7) is 8.09. The first-order chi connectivity index (χ1) is 12.1. The summed E-state index contributed by atoms with van der Waals surface area (Å²) in [5.74, 6) is 0.540. The highest BCUT2D eigenvalue weighted by Gasteiger charge is 2.63. The maximum atomic E-state index is 13.3. The van der Waals surface area contributed by atoms with E-state index in [1.165, 1.54) is 16.5 Å². The molecule has 25 heavy (non-hydrogen) atoms. The number of H-pyrrole nitrogens is 1. The molecular weight excluding hydrogens is 310 g/mol. The van der Waals surface area contributed by atoms with Gasteiger partial charge >= 0.3 is 0 Å². The van der Waals surface area contributed by atoms with Crippen molar-refractivity contribution in [3.63, 3.8) is 0 Å². The molecule has 2 unspecified atom stereocenters. The van der Waals surface area contributed by atoms with Crippen LogP contribution in [0.25, 0.3) is 10.9 Å². The van der Waals surface area contributed by atoms with Crippen LogP contribution in [0.1, 0.15) is 44.8 Å². The lowest BCUT2D eigenvalue weighted by Crippen LogP contribution is -2.76. The van der Waals surface area contributed by atoms with E-state index in [1.54, 1.807) is 0 Å². The number of rotatable bonds is 4. The number of unbranched alkanes of at least 4 members (excludes halogenated alkanes) is 1. The van der Waals surface area contributed by atoms with E-state index in [2.05, 4.69) is 59.1 Å². The van der Waals surface area contributed by atoms with E-state index in [0.29, 0.717) is 11.9 Å². The van der Waals surface area contributed by atoms with Crippen LogP contribution in [-0.4, -0.2) is 46.7 Å². The van der Waals surface area contributed by atoms with Gasteiger partial charge in [0.1, 0.15) is 5.78 Å². The van der Waals surface area contributed by atoms with Gasteiger partial charge < -0.3 is 4.98 Å². The number of hydrogen-bond donors (Lipinski definition) is 1. The van der Waals surface area contributed by atoms with Gasteiger partial charge in [0.2, 0.25) is 0 Å². The molecule has 5 heterocycles. The molecule has 4 saturated heterocycles. The molecule has 0 radical (unpaired) electrons. The zero-order valence-electron chi connectivity index (χ0n) is 15.2. The number of nitrogens with one attached hydrogen (secondary N) is 1. The predicted molar refractivity (Wildman–Crippen MR) is 99.3 cm³/mol. The summed E-state index contributed by atoms with van der Waals surface area (Å²) >= 11 is 0. The second-order valence-electron chi connectivity index (χ2n) is 8.75. The molecule has 4 fully saturated rings. The van der Waals surface area contributed by atoms with Crippen LogP contribution in [0.5, 0.6) is 0 Å². The number of carbonyl (C=O) groups is 1. The quantitative estimate of drug-likeness (QED) is 0.927. The molecule has 1 aromatic heterocycles. The smallest absolute Gasteiger partial charge is 0.150 e. The van der Waals surface area contributed by atoms with Gasteiger partial charge in [-0.3, -0.25) is 14.6 Å². The van der Waals surface area contributed by atoms with Gasteiger partial charge in [-0.25, -0.2) is 0 Å². The molecule has 4 nitrogen and oxygen atoms in total. The average Bonchev–Trinajstić information content (AvgIpc) is 3.01. The van der Waals surface area contributed by atoms with Crippen molar-refractivity contribution in [2.45, 2.75) is 39.3 Å². The normalized spacial score (nSPS) is 39.4. The number of para-hydroxylation sites is 1. The van der Waals surface area contributed by atoms with Crippen LogP contribution in [0.2, 0.25) is 0 Å². The minimum absolute atomic E-state index is 0.135. The second-order valence-corrected chi connectivity index (χ2v) is 8.75. The van der Waals surface area contributed by atoms with Crippen molar-refractivity contribution < 1.29 is 4.79 Å². The van der Waals surface area contributed by atoms with E-state index in [-0.39, 0.29) is 10.8 Å². The summed E-state index contributed by atoms with van der Waals surface area (Å²) in [7, 11) is 0. The Labute approximate surface area is 149 Å². The van der Waals surface area contributed by atoms with Crippen molar-refractivity contribution in [2.75, 3.05) is 26.2 Å². The first kappa shape index (κ1) is 15.6. The van der Waals surface area contributed by atoms with E-state index < -0.39 is 0 Å². The van der Waals surface area contributed by atoms with Crippen LogP contribution in [-0.2, 0) is 4.79 Å². The van der Waals surface area contributed by atoms with E-state index in [1.807, 2.05) is 0 Å². The zero-order chi connectivity index (χ0) is 17.2. The summed E-state index contributed by atoms with van der Waals surface area (Å²) in [4.78, 5) is 21.9. The molecule has 2 aromatic rings. The van der Waals surface area contributed by atoms with Gasteiger partial charge in [0.25, 0.3) is 0 Å². The minimum Gasteiger partial charge on any atom is -0.361 e. The fourth-order valence-corrected chi connectivity index (χ4v) is 5.88. The van der Waals surface area contributed by atoms with Crippen molar-refractivity contribution >= 4 is 16.7 Å². The highest BCUT2D eigenvalue weighted by atomic mass is 16.1. The molecule has 4 aliphatic heterocycles. The van der Waals surface area contributed by atoms with Crippen LogP contribution >= 0.6 is 0 Å². The lowest BCUT2D eigenvalue weighted by molar-refractivity contribution is -0.201. The van der Waals surface area contributed by atoms with Crippen LogP contribution in [0.3, 0.4) is 0 Å². The molecule has 6 rings (SSSR count). The molecule has 1 N–H and O–H groups in total. The van der Waals surface area contributed by atoms with Crippen LogP contribution < -0.4 is 0 Å². The third kappa shape index (κ3) is 2.04. The Morgan fingerprint density at radius 3 is 2.60 bits per heavy atom. The van der Waals surface area contributed by atoms with Crippen LogP contribution in [0, 0.1) is 10.8 Å². The highest BCUT2D eigenvalue weighted by molar-refractivity contribution is 5.93. The molecule has 2 atom stereocenters. The van der Waals surface area contributed by atoms with Crippen LogP contribution in [0.15, 0.2) is 30.5 Å². The first-order valence-corrected chi connectivity index (χ1v) is 9.65. The van der Waals surface area contributed by atoms with Crippen molar-refractivity contribution in [1.29, 1.82) is 0 Å². The minimum atomic E-state index is -0.188. The van der Waals surface area contributed by atoms with Crippen molar-refractivity contribution in [2.24, 2.45) is 10.8 Å². The molecular formula is C21H27N3O. The number of aromatic amines is 1. The number of aromatic nitrogens is 1. The van der Waals surface area contributed by atoms with E-state index in [0.717, 1.165) is 45.4 Å². The van der Waals surface area contributed by atoms with E-state index >= 15 is 0 Å². The topological polar surface area (TPSA) is 39.3 Å². The molecule has 0 saturated carbocycles. The molecule has 0 spiro atoms. The Bertz CT molecular complexity index is 823. The Morgan fingerprint density at radius 1 is 1.16 bits per heavy atom. The number of benzene rings is 1. The second kappa shape index (κ2) is 5.18. The summed E-state index contributed by atoms with van der Waals surface area (Å²) in [6.07, 6.45) is 5.86. The monoisotopic (exact) mass is 337 g/mol. The third-order valence-corrected chi connectivity index (χ3v) is 6.75. The van der Waals surface area contributed by atoms with Crippen LogP contribution in [0.4, 0.5) is 0 Å². The van der Waals surface area contributed by atoms with Gasteiger partial charge in [0.15, 0.2) is 0 Å². The Hall–Kier alpha value is -1.65. The van der Waals surface area contributed by atoms with Gasteiger partial charge in [0, 0.05) is 48.8 Å². The van der Waals surface area contributed by atoms with Crippen molar-refractivity contribution in [3.8, 4) is 0 Å². The number of ketones is 1. The fraction of sp³-hybridized carbons (Fsp3) is 0.571. The molecule has 0 amide bonds. The molecule has 4 aliphatic rings. The molecule has 1 aromatic carbocycles. The number of piperidine rings is 2. The molecule has 4 heteroatoms. The van der Waals surface area contributed by atoms with Crippen molar-refractivity contribution in [1.82, 2.24) is 14.8 Å². The maximum absolute atomic E-state index is 13.3. The largest absolute Gasteiger partial charge is 0.361 e. The summed E-state index contributed by atoms with van der Waals surface area (Å²) in [6, 6.07) is 8.56. The van der Waals surface area contributed by atoms with Gasteiger partial charge in [0.05, 0.1) is 17.0 Å². The zero-order valence-corrected chi connectivity index (χ0v) is 15.2. The Balaban J connectivity index is 1.56. The Kier molecular flexibility index (Phi) is 3.23. The molecule has 0 aliphatic carbocycles. The van der Waals surface area contributed by atoms with Crippen molar-refractivity contribution in [3.05, 3.63) is 36.0 Å². The summed E-state index contributed by atoms with van der Waals surface area (Å²) < 4.78 is 0. The first-order valence-electron chi connectivity index (χ1n) is 9.65. The third-order valence-electron chi connectivity index (χ3n) is 6.75. The highest BCUT2D eigenvalue weighted by Crippen LogP contribution is 2.54. The number of nitrogens with zero attached hydrogens (tertiary/aromatic N) is 2. The molecule has 4 bridgehead atoms. The van der Waals surface area contributed by atoms with Gasteiger partial charge in [-0.2, -0.15) is 0 Å². The average molecular weight is 337 g/mol. The maximum Gasteiger partial charge on any atom is 0.150 e.